The van der Waals surface area contributed by atoms with Gasteiger partial charge in [0.1, 0.15) is 0 Å². The molecule has 1 saturated heterocycles. The number of nitrogens with one attached hydrogen (secondary N) is 1. The summed E-state index contributed by atoms with van der Waals surface area (Å²) < 4.78 is 1.68. The minimum Gasteiger partial charge on any atom is -0.336 e. The van der Waals surface area contributed by atoms with Crippen molar-refractivity contribution in [3.8, 4) is 0 Å². The molecule has 0 saturated carbocycles. The monoisotopic (exact) mass is 314 g/mol. The number of amides is 1. The lowest BCUT2D eigenvalue weighted by molar-refractivity contribution is 0.0792. The van der Waals surface area contributed by atoms with E-state index in [4.69, 9.17) is 0 Å². The van der Waals surface area contributed by atoms with Crippen molar-refractivity contribution in [2.24, 2.45) is 0 Å². The van der Waals surface area contributed by atoms with E-state index in [-0.39, 0.29) is 17.6 Å². The van der Waals surface area contributed by atoms with Crippen molar-refractivity contribution in [3.63, 3.8) is 0 Å². The summed E-state index contributed by atoms with van der Waals surface area (Å²) in [7, 11) is 0. The molecule has 1 N–H and O–H groups in total. The van der Waals surface area contributed by atoms with Crippen molar-refractivity contribution >= 4 is 28.4 Å². The number of nitrogens with zero attached hydrogens (tertiary/aromatic N) is 3. The van der Waals surface area contributed by atoms with Crippen LogP contribution in [0, 0.1) is 0 Å². The smallest absolute Gasteiger partial charge is 0.327 e. The second-order valence-corrected chi connectivity index (χ2v) is 6.29. The van der Waals surface area contributed by atoms with Gasteiger partial charge in [0, 0.05) is 19.3 Å². The van der Waals surface area contributed by atoms with E-state index in [9.17, 15) is 9.59 Å². The Balaban J connectivity index is 1.64. The van der Waals surface area contributed by atoms with Crippen LogP contribution in [0.15, 0.2) is 40.6 Å². The molecule has 1 atom stereocenters. The fourth-order valence-electron chi connectivity index (χ4n) is 2.99. The van der Waals surface area contributed by atoms with Crippen LogP contribution in [0.5, 0.6) is 0 Å². The normalized spacial score (nSPS) is 18.2. The number of hydrogen-bond donors (Lipinski definition) is 1. The van der Waals surface area contributed by atoms with Crippen molar-refractivity contribution in [2.45, 2.75) is 12.5 Å². The Labute approximate surface area is 130 Å². The fraction of sp³-hybridized carbons (Fsp3) is 0.267. The van der Waals surface area contributed by atoms with Gasteiger partial charge in [-0.25, -0.2) is 9.78 Å². The van der Waals surface area contributed by atoms with Crippen LogP contribution in [-0.4, -0.2) is 38.4 Å². The third-order valence-corrected chi connectivity index (χ3v) is 4.88. The number of pyridine rings is 1. The first-order valence-electron chi connectivity index (χ1n) is 7.12. The van der Waals surface area contributed by atoms with Crippen molar-refractivity contribution in [2.75, 3.05) is 13.1 Å². The Morgan fingerprint density at radius 2 is 2.27 bits per heavy atom. The molecular formula is C15H14N4O2S. The summed E-state index contributed by atoms with van der Waals surface area (Å²) in [6.45, 7) is 1.20. The Morgan fingerprint density at radius 1 is 1.36 bits per heavy atom. The summed E-state index contributed by atoms with van der Waals surface area (Å²) in [5.41, 5.74) is 1.22. The van der Waals surface area contributed by atoms with E-state index in [2.05, 4.69) is 9.97 Å². The fourth-order valence-corrected chi connectivity index (χ4v) is 3.68. The maximum atomic E-state index is 12.4. The molecule has 1 amide bonds. The Hall–Kier alpha value is -2.41. The van der Waals surface area contributed by atoms with E-state index in [0.29, 0.717) is 18.7 Å². The van der Waals surface area contributed by atoms with Crippen molar-refractivity contribution in [1.29, 1.82) is 0 Å². The number of H-pyrrole nitrogens is 1. The van der Waals surface area contributed by atoms with Crippen molar-refractivity contribution < 1.29 is 4.79 Å². The number of fused-ring (bicyclic) bond motifs is 1. The molecule has 4 rings (SSSR count). The maximum absolute atomic E-state index is 12.4. The molecule has 112 valence electrons. The van der Waals surface area contributed by atoms with Crippen LogP contribution in [-0.2, 0) is 0 Å². The summed E-state index contributed by atoms with van der Waals surface area (Å²) in [6.07, 6.45) is 2.44. The lowest BCUT2D eigenvalue weighted by atomic mass is 10.2. The summed E-state index contributed by atoms with van der Waals surface area (Å²) in [5.74, 6) is 0.0401. The number of rotatable bonds is 2. The Bertz CT molecular complexity index is 880. The number of thiophene rings is 1. The standard InChI is InChI=1S/C15H14N4O2S/c20-14(12-4-2-8-22-12)18-7-5-10(9-18)19-13-11(17-15(19)21)3-1-6-16-13/h1-4,6,8,10H,5,7,9H2,(H,17,21)/t10-/m1/s1. The predicted molar refractivity (Wildman–Crippen MR) is 84.2 cm³/mol. The second-order valence-electron chi connectivity index (χ2n) is 5.35. The first kappa shape index (κ1) is 13.3. The molecule has 0 aliphatic carbocycles. The van der Waals surface area contributed by atoms with Gasteiger partial charge in [-0.05, 0) is 30.0 Å². The summed E-state index contributed by atoms with van der Waals surface area (Å²) >= 11 is 1.44. The molecule has 0 aromatic carbocycles. The number of carbonyl (C=O) groups excluding carboxylic acids is 1. The van der Waals surface area contributed by atoms with Crippen molar-refractivity contribution in [3.05, 3.63) is 51.2 Å². The average Bonchev–Trinajstić information content (AvgIpc) is 3.25. The van der Waals surface area contributed by atoms with Gasteiger partial charge in [-0.1, -0.05) is 6.07 Å². The quantitative estimate of drug-likeness (QED) is 0.785. The number of imidazole rings is 1. The van der Waals surface area contributed by atoms with E-state index in [0.717, 1.165) is 16.8 Å². The van der Waals surface area contributed by atoms with Crippen LogP contribution in [0.25, 0.3) is 11.2 Å². The van der Waals surface area contributed by atoms with Gasteiger partial charge in [0.15, 0.2) is 5.65 Å². The van der Waals surface area contributed by atoms with Crippen LogP contribution < -0.4 is 5.69 Å². The van der Waals surface area contributed by atoms with Gasteiger partial charge in [-0.3, -0.25) is 9.36 Å². The molecule has 22 heavy (non-hydrogen) atoms. The Kier molecular flexibility index (Phi) is 3.07. The molecule has 3 aromatic heterocycles. The Morgan fingerprint density at radius 3 is 3.09 bits per heavy atom. The van der Waals surface area contributed by atoms with Crippen molar-refractivity contribution in [1.82, 2.24) is 19.4 Å². The van der Waals surface area contributed by atoms with Crippen LogP contribution in [0.2, 0.25) is 0 Å². The van der Waals surface area contributed by atoms with Gasteiger partial charge in [-0.2, -0.15) is 0 Å². The van der Waals surface area contributed by atoms with E-state index in [1.807, 2.05) is 28.5 Å². The highest BCUT2D eigenvalue weighted by Crippen LogP contribution is 2.25. The van der Waals surface area contributed by atoms with Crippen LogP contribution >= 0.6 is 11.3 Å². The third-order valence-electron chi connectivity index (χ3n) is 4.02. The van der Waals surface area contributed by atoms with Gasteiger partial charge in [0.25, 0.3) is 5.91 Å². The molecule has 1 fully saturated rings. The highest BCUT2D eigenvalue weighted by molar-refractivity contribution is 7.12. The third kappa shape index (κ3) is 2.05. The molecule has 0 spiro atoms. The molecule has 3 aromatic rings. The number of aromatic amines is 1. The summed E-state index contributed by atoms with van der Waals surface area (Å²) in [4.78, 5) is 34.3. The zero-order chi connectivity index (χ0) is 15.1. The molecule has 0 bridgehead atoms. The highest BCUT2D eigenvalue weighted by Gasteiger charge is 2.30. The maximum Gasteiger partial charge on any atom is 0.327 e. The molecule has 7 heteroatoms. The van der Waals surface area contributed by atoms with E-state index in [1.54, 1.807) is 16.8 Å². The topological polar surface area (TPSA) is 71.0 Å². The average molecular weight is 314 g/mol. The van der Waals surface area contributed by atoms with Gasteiger partial charge < -0.3 is 9.88 Å². The van der Waals surface area contributed by atoms with Crippen LogP contribution in [0.3, 0.4) is 0 Å². The molecular weight excluding hydrogens is 300 g/mol. The van der Waals surface area contributed by atoms with Gasteiger partial charge in [0.2, 0.25) is 0 Å². The molecule has 6 nitrogen and oxygen atoms in total. The van der Waals surface area contributed by atoms with Gasteiger partial charge >= 0.3 is 5.69 Å². The van der Waals surface area contributed by atoms with E-state index in [1.165, 1.54) is 11.3 Å². The minimum atomic E-state index is -0.163. The minimum absolute atomic E-state index is 0.0277. The van der Waals surface area contributed by atoms with Gasteiger partial charge in [-0.15, -0.1) is 11.3 Å². The number of likely N-dealkylation sites (tertiary alicyclic amines) is 1. The predicted octanol–water partition coefficient (Wildman–Crippen LogP) is 1.87. The lowest BCUT2D eigenvalue weighted by Crippen LogP contribution is -2.30. The lowest BCUT2D eigenvalue weighted by Gasteiger charge is -2.16. The summed E-state index contributed by atoms with van der Waals surface area (Å²) in [6, 6.07) is 7.31. The first-order valence-corrected chi connectivity index (χ1v) is 8.00. The number of aromatic nitrogens is 3. The zero-order valence-corrected chi connectivity index (χ0v) is 12.5. The number of carbonyl (C=O) groups is 1. The second kappa shape index (κ2) is 5.10. The highest BCUT2D eigenvalue weighted by atomic mass is 32.1. The largest absolute Gasteiger partial charge is 0.336 e. The molecule has 1 aliphatic heterocycles. The van der Waals surface area contributed by atoms with E-state index >= 15 is 0 Å². The van der Waals surface area contributed by atoms with Gasteiger partial charge in [0.05, 0.1) is 16.4 Å². The van der Waals surface area contributed by atoms with Crippen LogP contribution in [0.1, 0.15) is 22.1 Å². The molecule has 0 unspecified atom stereocenters. The molecule has 4 heterocycles. The molecule has 1 aliphatic rings. The molecule has 0 radical (unpaired) electrons. The van der Waals surface area contributed by atoms with E-state index < -0.39 is 0 Å². The SMILES string of the molecule is O=C(c1cccs1)N1CC[C@@H](n2c(=O)[nH]c3cccnc32)C1. The number of hydrogen-bond acceptors (Lipinski definition) is 4. The van der Waals surface area contributed by atoms with Crippen LogP contribution in [0.4, 0.5) is 0 Å². The zero-order valence-electron chi connectivity index (χ0n) is 11.7. The summed E-state index contributed by atoms with van der Waals surface area (Å²) in [5, 5.41) is 1.90. The first-order chi connectivity index (χ1) is 10.7.